The predicted octanol–water partition coefficient (Wildman–Crippen LogP) is 6.26. The van der Waals surface area contributed by atoms with E-state index in [0.29, 0.717) is 22.9 Å². The summed E-state index contributed by atoms with van der Waals surface area (Å²) in [5.74, 6) is 0.820. The molecule has 0 bridgehead atoms. The van der Waals surface area contributed by atoms with E-state index < -0.39 is 11.9 Å². The minimum Gasteiger partial charge on any atom is -0.457 e. The number of hydrogen-bond donors (Lipinski definition) is 1. The van der Waals surface area contributed by atoms with E-state index in [0.717, 1.165) is 16.9 Å². The molecule has 0 aliphatic carbocycles. The number of rotatable bonds is 11. The summed E-state index contributed by atoms with van der Waals surface area (Å²) in [6.45, 7) is 0.372. The Morgan fingerprint density at radius 3 is 2.03 bits per heavy atom. The second-order valence-corrected chi connectivity index (χ2v) is 8.62. The van der Waals surface area contributed by atoms with Gasteiger partial charge in [-0.25, -0.2) is 0 Å². The Kier molecular flexibility index (Phi) is 8.87. The summed E-state index contributed by atoms with van der Waals surface area (Å²) in [5, 5.41) is 3.12. The number of ketones is 1. The lowest BCUT2D eigenvalue weighted by Crippen LogP contribution is -2.44. The van der Waals surface area contributed by atoms with Crippen LogP contribution >= 0.6 is 11.6 Å². The number of carbonyl (C=O) groups excluding carboxylic acids is 2. The number of para-hydroxylation sites is 1. The quantitative estimate of drug-likeness (QED) is 0.264. The minimum absolute atomic E-state index is 0.0408. The summed E-state index contributed by atoms with van der Waals surface area (Å²) >= 11 is 6.18. The van der Waals surface area contributed by atoms with E-state index >= 15 is 0 Å². The van der Waals surface area contributed by atoms with Gasteiger partial charge in [-0.3, -0.25) is 9.59 Å². The first-order chi connectivity index (χ1) is 17.6. The Morgan fingerprint density at radius 2 is 1.33 bits per heavy atom. The summed E-state index contributed by atoms with van der Waals surface area (Å²) < 4.78 is 11.6. The van der Waals surface area contributed by atoms with E-state index in [-0.39, 0.29) is 18.8 Å². The average Bonchev–Trinajstić information content (AvgIpc) is 2.90. The first kappa shape index (κ1) is 25.2. The van der Waals surface area contributed by atoms with Crippen LogP contribution in [-0.4, -0.2) is 24.3 Å². The molecule has 36 heavy (non-hydrogen) atoms. The van der Waals surface area contributed by atoms with E-state index in [1.165, 1.54) is 0 Å². The van der Waals surface area contributed by atoms with Crippen molar-refractivity contribution in [2.75, 3.05) is 6.61 Å². The molecule has 0 radical (unpaired) electrons. The van der Waals surface area contributed by atoms with Crippen LogP contribution in [0.15, 0.2) is 109 Å². The Morgan fingerprint density at radius 1 is 0.722 bits per heavy atom. The van der Waals surface area contributed by atoms with E-state index in [9.17, 15) is 9.59 Å². The Balaban J connectivity index is 1.42. The van der Waals surface area contributed by atoms with Gasteiger partial charge in [0.15, 0.2) is 5.78 Å². The van der Waals surface area contributed by atoms with Crippen LogP contribution in [0, 0.1) is 0 Å². The lowest BCUT2D eigenvalue weighted by molar-refractivity contribution is -0.121. The van der Waals surface area contributed by atoms with Gasteiger partial charge in [0.25, 0.3) is 5.91 Å². The molecule has 4 rings (SSSR count). The molecule has 0 aromatic heterocycles. The van der Waals surface area contributed by atoms with E-state index in [4.69, 9.17) is 21.1 Å². The third-order valence-electron chi connectivity index (χ3n) is 5.49. The number of Topliss-reactive ketones (excluding diaryl/α,β-unsaturated/α-hetero) is 1. The molecule has 4 aromatic carbocycles. The molecule has 182 valence electrons. The maximum atomic E-state index is 13.2. The Labute approximate surface area is 215 Å². The van der Waals surface area contributed by atoms with E-state index in [2.05, 4.69) is 5.32 Å². The molecule has 0 saturated heterocycles. The van der Waals surface area contributed by atoms with Crippen molar-refractivity contribution in [3.8, 4) is 11.5 Å². The number of carbonyl (C=O) groups is 2. The maximum Gasteiger partial charge on any atom is 0.253 e. The van der Waals surface area contributed by atoms with Crippen LogP contribution in [0.25, 0.3) is 0 Å². The van der Waals surface area contributed by atoms with Crippen LogP contribution in [-0.2, 0) is 22.6 Å². The summed E-state index contributed by atoms with van der Waals surface area (Å²) in [4.78, 5) is 26.1. The number of nitrogens with one attached hydrogen (secondary N) is 1. The standard InChI is InChI=1S/C30H26ClNO4/c31-27-14-8-7-13-26(27)30(34)32-28(21-35-20-23-9-3-1-4-10-23)29(33)19-22-15-17-25(18-16-22)36-24-11-5-2-6-12-24/h1-18,28H,19-21H2,(H,32,34). The lowest BCUT2D eigenvalue weighted by atomic mass is 10.0. The second-order valence-electron chi connectivity index (χ2n) is 8.21. The van der Waals surface area contributed by atoms with Crippen LogP contribution in [0.4, 0.5) is 0 Å². The van der Waals surface area contributed by atoms with Gasteiger partial charge in [-0.05, 0) is 47.5 Å². The number of halogens is 1. The molecule has 1 amide bonds. The molecular formula is C30H26ClNO4. The molecule has 0 aliphatic rings. The van der Waals surface area contributed by atoms with Gasteiger partial charge < -0.3 is 14.8 Å². The van der Waals surface area contributed by atoms with Crippen molar-refractivity contribution in [3.05, 3.63) is 131 Å². The van der Waals surface area contributed by atoms with Gasteiger partial charge in [-0.2, -0.15) is 0 Å². The SMILES string of the molecule is O=C(NC(COCc1ccccc1)C(=O)Cc1ccc(Oc2ccccc2)cc1)c1ccccc1Cl. The molecule has 0 fully saturated rings. The fourth-order valence-electron chi connectivity index (χ4n) is 3.59. The minimum atomic E-state index is -0.835. The molecule has 1 atom stereocenters. The van der Waals surface area contributed by atoms with Crippen LogP contribution in [0.1, 0.15) is 21.5 Å². The zero-order chi connectivity index (χ0) is 25.2. The molecule has 1 N–H and O–H groups in total. The molecular weight excluding hydrogens is 474 g/mol. The lowest BCUT2D eigenvalue weighted by Gasteiger charge is -2.19. The summed E-state index contributed by atoms with van der Waals surface area (Å²) in [5.41, 5.74) is 2.10. The van der Waals surface area contributed by atoms with Gasteiger partial charge in [0.05, 0.1) is 23.8 Å². The molecule has 0 spiro atoms. The first-order valence-corrected chi connectivity index (χ1v) is 12.0. The molecule has 4 aromatic rings. The maximum absolute atomic E-state index is 13.2. The average molecular weight is 500 g/mol. The smallest absolute Gasteiger partial charge is 0.253 e. The van der Waals surface area contributed by atoms with Crippen molar-refractivity contribution in [3.63, 3.8) is 0 Å². The van der Waals surface area contributed by atoms with Crippen molar-refractivity contribution in [2.45, 2.75) is 19.1 Å². The van der Waals surface area contributed by atoms with Gasteiger partial charge in [-0.1, -0.05) is 84.4 Å². The van der Waals surface area contributed by atoms with Crippen LogP contribution < -0.4 is 10.1 Å². The highest BCUT2D eigenvalue weighted by Gasteiger charge is 2.23. The summed E-state index contributed by atoms with van der Waals surface area (Å²) in [6, 6.07) is 32.3. The van der Waals surface area contributed by atoms with Gasteiger partial charge in [-0.15, -0.1) is 0 Å². The Bertz CT molecular complexity index is 1280. The van der Waals surface area contributed by atoms with Crippen molar-refractivity contribution in [1.82, 2.24) is 5.32 Å². The zero-order valence-electron chi connectivity index (χ0n) is 19.6. The second kappa shape index (κ2) is 12.7. The first-order valence-electron chi connectivity index (χ1n) is 11.6. The highest BCUT2D eigenvalue weighted by molar-refractivity contribution is 6.33. The van der Waals surface area contributed by atoms with Gasteiger partial charge in [0.1, 0.15) is 17.5 Å². The van der Waals surface area contributed by atoms with E-state index in [1.54, 1.807) is 24.3 Å². The van der Waals surface area contributed by atoms with Crippen molar-refractivity contribution in [1.29, 1.82) is 0 Å². The topological polar surface area (TPSA) is 64.6 Å². The molecule has 6 heteroatoms. The predicted molar refractivity (Wildman–Crippen MR) is 140 cm³/mol. The number of ether oxygens (including phenoxy) is 2. The number of amides is 1. The van der Waals surface area contributed by atoms with Gasteiger partial charge in [0.2, 0.25) is 0 Å². The van der Waals surface area contributed by atoms with Gasteiger partial charge in [0, 0.05) is 6.42 Å². The van der Waals surface area contributed by atoms with Crippen molar-refractivity contribution < 1.29 is 19.1 Å². The fourth-order valence-corrected chi connectivity index (χ4v) is 3.81. The summed E-state index contributed by atoms with van der Waals surface area (Å²) in [7, 11) is 0. The van der Waals surface area contributed by atoms with Crippen LogP contribution in [0.5, 0.6) is 11.5 Å². The molecule has 0 heterocycles. The van der Waals surface area contributed by atoms with Crippen LogP contribution in [0.3, 0.4) is 0 Å². The normalized spacial score (nSPS) is 11.5. The molecule has 0 saturated carbocycles. The highest BCUT2D eigenvalue weighted by Crippen LogP contribution is 2.21. The molecule has 1 unspecified atom stereocenters. The number of hydrogen-bond acceptors (Lipinski definition) is 4. The van der Waals surface area contributed by atoms with Crippen molar-refractivity contribution >= 4 is 23.3 Å². The van der Waals surface area contributed by atoms with E-state index in [1.807, 2.05) is 84.9 Å². The van der Waals surface area contributed by atoms with Crippen molar-refractivity contribution in [2.24, 2.45) is 0 Å². The molecule has 0 aliphatic heterocycles. The largest absolute Gasteiger partial charge is 0.457 e. The fraction of sp³-hybridized carbons (Fsp3) is 0.133. The Hall–Kier alpha value is -3.93. The highest BCUT2D eigenvalue weighted by atomic mass is 35.5. The zero-order valence-corrected chi connectivity index (χ0v) is 20.4. The van der Waals surface area contributed by atoms with Gasteiger partial charge >= 0.3 is 0 Å². The third-order valence-corrected chi connectivity index (χ3v) is 5.82. The number of benzene rings is 4. The monoisotopic (exact) mass is 499 g/mol. The summed E-state index contributed by atoms with van der Waals surface area (Å²) in [6.07, 6.45) is 0.133. The molecule has 5 nitrogen and oxygen atoms in total. The van der Waals surface area contributed by atoms with Crippen LogP contribution in [0.2, 0.25) is 5.02 Å². The third kappa shape index (κ3) is 7.28.